The van der Waals surface area contributed by atoms with E-state index in [0.717, 1.165) is 33.6 Å². The van der Waals surface area contributed by atoms with Crippen LogP contribution in [-0.4, -0.2) is 5.78 Å². The monoisotopic (exact) mass is 316 g/mol. The molecule has 0 aliphatic rings. The molecule has 2 heteroatoms. The lowest BCUT2D eigenvalue weighted by Gasteiger charge is -2.09. The summed E-state index contributed by atoms with van der Waals surface area (Å²) in [4.78, 5) is 11.7. The first-order valence-corrected chi connectivity index (χ1v) is 8.02. The van der Waals surface area contributed by atoms with Crippen LogP contribution in [0.2, 0.25) is 0 Å². The Bertz CT molecular complexity index is 834. The van der Waals surface area contributed by atoms with E-state index in [1.807, 2.05) is 79.7 Å². The van der Waals surface area contributed by atoms with Crippen LogP contribution in [0.15, 0.2) is 72.8 Å². The van der Waals surface area contributed by atoms with Crippen molar-refractivity contribution >= 4 is 5.78 Å². The van der Waals surface area contributed by atoms with Gasteiger partial charge in [0.2, 0.25) is 0 Å². The summed E-state index contributed by atoms with van der Waals surface area (Å²) in [7, 11) is 0. The molecular formula is C22H20O2. The number of ether oxygens (including phenoxy) is 1. The lowest BCUT2D eigenvalue weighted by atomic mass is 9.98. The molecule has 3 aromatic rings. The van der Waals surface area contributed by atoms with Crippen LogP contribution in [0.5, 0.6) is 5.75 Å². The van der Waals surface area contributed by atoms with Gasteiger partial charge in [-0.2, -0.15) is 0 Å². The van der Waals surface area contributed by atoms with Gasteiger partial charge >= 0.3 is 0 Å². The smallest absolute Gasteiger partial charge is 0.160 e. The predicted molar refractivity (Wildman–Crippen MR) is 97.4 cm³/mol. The summed E-state index contributed by atoms with van der Waals surface area (Å²) in [6, 6.07) is 24.1. The largest absolute Gasteiger partial charge is 0.489 e. The SMILES string of the molecule is CC(=O)c1cc(-c2ccc(OCc3ccccc3)cc2)ccc1C. The van der Waals surface area contributed by atoms with E-state index in [9.17, 15) is 4.79 Å². The highest BCUT2D eigenvalue weighted by molar-refractivity contribution is 5.96. The number of aryl methyl sites for hydroxylation is 1. The van der Waals surface area contributed by atoms with Crippen LogP contribution in [0.4, 0.5) is 0 Å². The third kappa shape index (κ3) is 3.72. The number of ketones is 1. The highest BCUT2D eigenvalue weighted by atomic mass is 16.5. The van der Waals surface area contributed by atoms with Crippen molar-refractivity contribution in [3.05, 3.63) is 89.5 Å². The van der Waals surface area contributed by atoms with Crippen LogP contribution in [0.3, 0.4) is 0 Å². The van der Waals surface area contributed by atoms with Gasteiger partial charge in [0.15, 0.2) is 5.78 Å². The second kappa shape index (κ2) is 7.14. The third-order valence-corrected chi connectivity index (χ3v) is 4.05. The second-order valence-corrected chi connectivity index (χ2v) is 5.88. The molecule has 120 valence electrons. The molecule has 0 saturated heterocycles. The van der Waals surface area contributed by atoms with Crippen LogP contribution in [0, 0.1) is 6.92 Å². The Morgan fingerprint density at radius 1 is 0.875 bits per heavy atom. The van der Waals surface area contributed by atoms with Crippen molar-refractivity contribution in [1.82, 2.24) is 0 Å². The van der Waals surface area contributed by atoms with E-state index in [2.05, 4.69) is 0 Å². The number of carbonyl (C=O) groups is 1. The molecule has 0 amide bonds. The van der Waals surface area contributed by atoms with Gasteiger partial charge in [-0.25, -0.2) is 0 Å². The second-order valence-electron chi connectivity index (χ2n) is 5.88. The van der Waals surface area contributed by atoms with Gasteiger partial charge in [-0.1, -0.05) is 54.6 Å². The Balaban J connectivity index is 1.75. The van der Waals surface area contributed by atoms with Crippen molar-refractivity contribution in [1.29, 1.82) is 0 Å². The van der Waals surface area contributed by atoms with Crippen molar-refractivity contribution in [2.24, 2.45) is 0 Å². The molecule has 0 fully saturated rings. The quantitative estimate of drug-likeness (QED) is 0.586. The average molecular weight is 316 g/mol. The number of hydrogen-bond acceptors (Lipinski definition) is 2. The number of hydrogen-bond donors (Lipinski definition) is 0. The topological polar surface area (TPSA) is 26.3 Å². The Hall–Kier alpha value is -2.87. The first-order valence-electron chi connectivity index (χ1n) is 8.02. The van der Waals surface area contributed by atoms with Crippen molar-refractivity contribution in [2.75, 3.05) is 0 Å². The number of benzene rings is 3. The molecule has 0 aromatic heterocycles. The standard InChI is InChI=1S/C22H20O2/c1-16-8-9-20(14-22(16)17(2)23)19-10-12-21(13-11-19)24-15-18-6-4-3-5-7-18/h3-14H,15H2,1-2H3. The molecule has 2 nitrogen and oxygen atoms in total. The molecule has 0 aliphatic heterocycles. The fourth-order valence-corrected chi connectivity index (χ4v) is 2.67. The van der Waals surface area contributed by atoms with Crippen molar-refractivity contribution < 1.29 is 9.53 Å². The van der Waals surface area contributed by atoms with E-state index in [0.29, 0.717) is 6.61 Å². The summed E-state index contributed by atoms with van der Waals surface area (Å²) in [6.45, 7) is 4.12. The van der Waals surface area contributed by atoms with Crippen LogP contribution >= 0.6 is 0 Å². The average Bonchev–Trinajstić information content (AvgIpc) is 2.61. The first-order chi connectivity index (χ1) is 11.6. The number of carbonyl (C=O) groups excluding carboxylic acids is 1. The molecule has 0 atom stereocenters. The minimum absolute atomic E-state index is 0.0946. The van der Waals surface area contributed by atoms with Gasteiger partial charge in [-0.05, 0) is 54.3 Å². The molecule has 0 N–H and O–H groups in total. The zero-order valence-corrected chi connectivity index (χ0v) is 14.0. The van der Waals surface area contributed by atoms with Gasteiger partial charge in [-0.15, -0.1) is 0 Å². The van der Waals surface area contributed by atoms with Gasteiger partial charge in [0.25, 0.3) is 0 Å². The lowest BCUT2D eigenvalue weighted by molar-refractivity contribution is 0.101. The molecule has 0 radical (unpaired) electrons. The van der Waals surface area contributed by atoms with E-state index in [1.165, 1.54) is 0 Å². The molecule has 3 rings (SSSR count). The lowest BCUT2D eigenvalue weighted by Crippen LogP contribution is -1.97. The van der Waals surface area contributed by atoms with Gasteiger partial charge in [0.05, 0.1) is 0 Å². The minimum Gasteiger partial charge on any atom is -0.489 e. The molecule has 0 bridgehead atoms. The summed E-state index contributed by atoms with van der Waals surface area (Å²) in [5.41, 5.74) is 5.04. The van der Waals surface area contributed by atoms with E-state index in [4.69, 9.17) is 4.74 Å². The highest BCUT2D eigenvalue weighted by Gasteiger charge is 2.06. The number of Topliss-reactive ketones (excluding diaryl/α,β-unsaturated/α-hetero) is 1. The maximum atomic E-state index is 11.7. The highest BCUT2D eigenvalue weighted by Crippen LogP contribution is 2.25. The van der Waals surface area contributed by atoms with Gasteiger partial charge in [-0.3, -0.25) is 4.79 Å². The molecule has 0 saturated carbocycles. The molecule has 0 heterocycles. The summed E-state index contributed by atoms with van der Waals surface area (Å²) >= 11 is 0. The maximum absolute atomic E-state index is 11.7. The van der Waals surface area contributed by atoms with Crippen LogP contribution in [0.25, 0.3) is 11.1 Å². The first kappa shape index (κ1) is 16.0. The molecule has 3 aromatic carbocycles. The maximum Gasteiger partial charge on any atom is 0.160 e. The van der Waals surface area contributed by atoms with E-state index in [-0.39, 0.29) is 5.78 Å². The van der Waals surface area contributed by atoms with Crippen LogP contribution in [-0.2, 0) is 6.61 Å². The molecule has 24 heavy (non-hydrogen) atoms. The van der Waals surface area contributed by atoms with Crippen molar-refractivity contribution in [2.45, 2.75) is 20.5 Å². The van der Waals surface area contributed by atoms with E-state index >= 15 is 0 Å². The predicted octanol–water partition coefficient (Wildman–Crippen LogP) is 5.44. The van der Waals surface area contributed by atoms with E-state index in [1.54, 1.807) is 6.92 Å². The van der Waals surface area contributed by atoms with Crippen LogP contribution in [0.1, 0.15) is 28.4 Å². The Kier molecular flexibility index (Phi) is 4.76. The Morgan fingerprint density at radius 2 is 1.54 bits per heavy atom. The fraction of sp³-hybridized carbons (Fsp3) is 0.136. The van der Waals surface area contributed by atoms with Crippen molar-refractivity contribution in [3.8, 4) is 16.9 Å². The summed E-state index contributed by atoms with van der Waals surface area (Å²) in [5, 5.41) is 0. The zero-order chi connectivity index (χ0) is 16.9. The number of rotatable bonds is 5. The van der Waals surface area contributed by atoms with Crippen molar-refractivity contribution in [3.63, 3.8) is 0 Å². The molecule has 0 unspecified atom stereocenters. The molecule has 0 spiro atoms. The third-order valence-electron chi connectivity index (χ3n) is 4.05. The Morgan fingerprint density at radius 3 is 2.21 bits per heavy atom. The summed E-state index contributed by atoms with van der Waals surface area (Å²) in [5.74, 6) is 0.929. The molecule has 0 aliphatic carbocycles. The van der Waals surface area contributed by atoms with Crippen LogP contribution < -0.4 is 4.74 Å². The van der Waals surface area contributed by atoms with E-state index < -0.39 is 0 Å². The molecular weight excluding hydrogens is 296 g/mol. The fourth-order valence-electron chi connectivity index (χ4n) is 2.67. The van der Waals surface area contributed by atoms with Gasteiger partial charge in [0, 0.05) is 5.56 Å². The normalized spacial score (nSPS) is 10.4. The van der Waals surface area contributed by atoms with Gasteiger partial charge in [0.1, 0.15) is 12.4 Å². The zero-order valence-electron chi connectivity index (χ0n) is 14.0. The minimum atomic E-state index is 0.0946. The summed E-state index contributed by atoms with van der Waals surface area (Å²) < 4.78 is 5.81. The Labute approximate surface area is 142 Å². The summed E-state index contributed by atoms with van der Waals surface area (Å²) in [6.07, 6.45) is 0. The van der Waals surface area contributed by atoms with Gasteiger partial charge < -0.3 is 4.74 Å².